The van der Waals surface area contributed by atoms with Gasteiger partial charge in [0.1, 0.15) is 13.2 Å². The summed E-state index contributed by atoms with van der Waals surface area (Å²) in [7, 11) is 1.58. The van der Waals surface area contributed by atoms with Gasteiger partial charge in [0, 0.05) is 32.8 Å². The highest BCUT2D eigenvalue weighted by Gasteiger charge is 2.23. The van der Waals surface area contributed by atoms with E-state index in [0.29, 0.717) is 31.4 Å². The molecule has 1 aromatic rings. The van der Waals surface area contributed by atoms with Gasteiger partial charge in [0.2, 0.25) is 5.89 Å². The summed E-state index contributed by atoms with van der Waals surface area (Å²) in [5, 5.41) is 6.95. The Labute approximate surface area is 143 Å². The number of amides is 2. The number of hydrogen-bond donors (Lipinski definition) is 1. The monoisotopic (exact) mass is 339 g/mol. The molecule has 0 radical (unpaired) electrons. The number of carbonyl (C=O) groups is 1. The second kappa shape index (κ2) is 9.58. The Morgan fingerprint density at radius 2 is 2.17 bits per heavy atom. The van der Waals surface area contributed by atoms with Gasteiger partial charge in [0.25, 0.3) is 0 Å². The zero-order chi connectivity index (χ0) is 17.4. The van der Waals surface area contributed by atoms with Gasteiger partial charge in [-0.3, -0.25) is 0 Å². The predicted octanol–water partition coefficient (Wildman–Crippen LogP) is 1.62. The smallest absolute Gasteiger partial charge is 0.318 e. The van der Waals surface area contributed by atoms with E-state index < -0.39 is 0 Å². The number of urea groups is 1. The van der Waals surface area contributed by atoms with Gasteiger partial charge < -0.3 is 24.4 Å². The fraction of sp³-hybridized carbons (Fsp3) is 0.812. The van der Waals surface area contributed by atoms with Crippen LogP contribution < -0.4 is 5.32 Å². The van der Waals surface area contributed by atoms with Gasteiger partial charge >= 0.3 is 6.03 Å². The molecule has 8 heteroatoms. The molecule has 1 aromatic heterocycles. The number of rotatable bonds is 8. The Balaban J connectivity index is 1.80. The maximum atomic E-state index is 12.5. The summed E-state index contributed by atoms with van der Waals surface area (Å²) in [6.07, 6.45) is 3.18. The lowest BCUT2D eigenvalue weighted by Crippen LogP contribution is -2.49. The number of methoxy groups -OCH3 is 1. The molecule has 0 aliphatic carbocycles. The molecule has 0 atom stereocenters. The summed E-state index contributed by atoms with van der Waals surface area (Å²) < 4.78 is 10.1. The molecule has 2 amide bonds. The molecule has 0 unspecified atom stereocenters. The van der Waals surface area contributed by atoms with E-state index in [4.69, 9.17) is 9.26 Å². The number of aromatic nitrogens is 2. The first-order valence-corrected chi connectivity index (χ1v) is 8.74. The Kier molecular flexibility index (Phi) is 7.45. The van der Waals surface area contributed by atoms with Crippen LogP contribution in [0.4, 0.5) is 4.79 Å². The van der Waals surface area contributed by atoms with E-state index in [0.717, 1.165) is 32.5 Å². The lowest BCUT2D eigenvalue weighted by atomic mass is 10.1. The van der Waals surface area contributed by atoms with Crippen LogP contribution >= 0.6 is 0 Å². The molecule has 1 fully saturated rings. The van der Waals surface area contributed by atoms with Gasteiger partial charge in [-0.2, -0.15) is 4.98 Å². The Hall–Kier alpha value is -1.67. The second-order valence-corrected chi connectivity index (χ2v) is 6.12. The second-order valence-electron chi connectivity index (χ2n) is 6.12. The minimum Gasteiger partial charge on any atom is -0.377 e. The average Bonchev–Trinajstić information content (AvgIpc) is 3.02. The van der Waals surface area contributed by atoms with E-state index in [9.17, 15) is 4.79 Å². The first kappa shape index (κ1) is 18.7. The number of nitrogens with zero attached hydrogens (tertiary/aromatic N) is 4. The molecule has 1 aliphatic heterocycles. The third-order valence-electron chi connectivity index (χ3n) is 4.23. The van der Waals surface area contributed by atoms with Crippen LogP contribution in [0.1, 0.15) is 44.8 Å². The topological polar surface area (TPSA) is 83.7 Å². The molecule has 1 aliphatic rings. The highest BCUT2D eigenvalue weighted by molar-refractivity contribution is 5.74. The van der Waals surface area contributed by atoms with Crippen molar-refractivity contribution in [2.45, 2.75) is 52.3 Å². The summed E-state index contributed by atoms with van der Waals surface area (Å²) in [4.78, 5) is 20.8. The molecule has 1 N–H and O–H groups in total. The first-order valence-electron chi connectivity index (χ1n) is 8.74. The molecule has 2 heterocycles. The van der Waals surface area contributed by atoms with Gasteiger partial charge in [-0.15, -0.1) is 0 Å². The largest absolute Gasteiger partial charge is 0.377 e. The van der Waals surface area contributed by atoms with Crippen molar-refractivity contribution in [1.29, 1.82) is 0 Å². The standard InChI is InChI=1S/C16H29N5O3/c1-4-8-20-9-6-13(7-10-20)17-16(22)21(5-2)11-15-18-14(12-23-3)19-24-15/h13H,4-12H2,1-3H3,(H,17,22). The Morgan fingerprint density at radius 3 is 2.79 bits per heavy atom. The number of ether oxygens (including phenoxy) is 1. The maximum absolute atomic E-state index is 12.5. The normalized spacial score (nSPS) is 16.3. The van der Waals surface area contributed by atoms with Gasteiger partial charge in [0.05, 0.1) is 0 Å². The zero-order valence-electron chi connectivity index (χ0n) is 15.0. The molecule has 0 saturated carbocycles. The molecule has 1 saturated heterocycles. The Bertz CT molecular complexity index is 500. The van der Waals surface area contributed by atoms with Crippen LogP contribution in [0.5, 0.6) is 0 Å². The lowest BCUT2D eigenvalue weighted by Gasteiger charge is -2.33. The fourth-order valence-electron chi connectivity index (χ4n) is 2.92. The van der Waals surface area contributed by atoms with Crippen LogP contribution in [-0.4, -0.2) is 65.3 Å². The average molecular weight is 339 g/mol. The SMILES string of the molecule is CCCN1CCC(NC(=O)N(CC)Cc2nc(COC)no2)CC1. The van der Waals surface area contributed by atoms with E-state index in [1.165, 1.54) is 6.42 Å². The fourth-order valence-corrected chi connectivity index (χ4v) is 2.92. The minimum atomic E-state index is -0.0714. The van der Waals surface area contributed by atoms with Crippen molar-refractivity contribution in [1.82, 2.24) is 25.3 Å². The minimum absolute atomic E-state index is 0.0714. The van der Waals surface area contributed by atoms with Crippen molar-refractivity contribution in [2.75, 3.05) is 33.3 Å². The molecular weight excluding hydrogens is 310 g/mol. The molecule has 8 nitrogen and oxygen atoms in total. The van der Waals surface area contributed by atoms with E-state index in [1.807, 2.05) is 6.92 Å². The predicted molar refractivity (Wildman–Crippen MR) is 89.4 cm³/mol. The molecule has 136 valence electrons. The number of nitrogens with one attached hydrogen (secondary N) is 1. The van der Waals surface area contributed by atoms with E-state index in [-0.39, 0.29) is 12.1 Å². The van der Waals surface area contributed by atoms with Gasteiger partial charge in [0.15, 0.2) is 5.82 Å². The third kappa shape index (κ3) is 5.45. The number of likely N-dealkylation sites (tertiary alicyclic amines) is 1. The van der Waals surface area contributed by atoms with Crippen molar-refractivity contribution in [3.05, 3.63) is 11.7 Å². The molecule has 0 spiro atoms. The maximum Gasteiger partial charge on any atom is 0.318 e. The summed E-state index contributed by atoms with van der Waals surface area (Å²) >= 11 is 0. The van der Waals surface area contributed by atoms with E-state index >= 15 is 0 Å². The molecule has 0 aromatic carbocycles. The van der Waals surface area contributed by atoms with Crippen LogP contribution in [-0.2, 0) is 17.9 Å². The lowest BCUT2D eigenvalue weighted by molar-refractivity contribution is 0.166. The van der Waals surface area contributed by atoms with E-state index in [2.05, 4.69) is 27.3 Å². The summed E-state index contributed by atoms with van der Waals surface area (Å²) in [5.41, 5.74) is 0. The Morgan fingerprint density at radius 1 is 1.42 bits per heavy atom. The molecular formula is C16H29N5O3. The molecule has 24 heavy (non-hydrogen) atoms. The van der Waals surface area contributed by atoms with Gasteiger partial charge in [-0.25, -0.2) is 4.79 Å². The van der Waals surface area contributed by atoms with Crippen molar-refractivity contribution in [3.63, 3.8) is 0 Å². The van der Waals surface area contributed by atoms with Crippen molar-refractivity contribution in [3.8, 4) is 0 Å². The quantitative estimate of drug-likeness (QED) is 0.775. The van der Waals surface area contributed by atoms with Crippen molar-refractivity contribution < 1.29 is 14.1 Å². The summed E-state index contributed by atoms with van der Waals surface area (Å²) in [6, 6.07) is 0.171. The summed E-state index contributed by atoms with van der Waals surface area (Å²) in [6.45, 7) is 8.58. The highest BCUT2D eigenvalue weighted by atomic mass is 16.5. The van der Waals surface area contributed by atoms with Crippen LogP contribution in [0.3, 0.4) is 0 Å². The molecule has 2 rings (SSSR count). The van der Waals surface area contributed by atoms with Crippen molar-refractivity contribution in [2.24, 2.45) is 0 Å². The first-order chi connectivity index (χ1) is 11.7. The van der Waals surface area contributed by atoms with Gasteiger partial charge in [-0.1, -0.05) is 12.1 Å². The zero-order valence-corrected chi connectivity index (χ0v) is 15.0. The van der Waals surface area contributed by atoms with Crippen LogP contribution in [0.15, 0.2) is 4.52 Å². The number of piperidine rings is 1. The van der Waals surface area contributed by atoms with Crippen LogP contribution in [0.2, 0.25) is 0 Å². The molecule has 0 bridgehead atoms. The highest BCUT2D eigenvalue weighted by Crippen LogP contribution is 2.12. The van der Waals surface area contributed by atoms with Gasteiger partial charge in [-0.05, 0) is 32.7 Å². The van der Waals surface area contributed by atoms with E-state index in [1.54, 1.807) is 12.0 Å². The van der Waals surface area contributed by atoms with Crippen molar-refractivity contribution >= 4 is 6.03 Å². The number of hydrogen-bond acceptors (Lipinski definition) is 6. The third-order valence-corrected chi connectivity index (χ3v) is 4.23. The van der Waals surface area contributed by atoms with Crippen LogP contribution in [0.25, 0.3) is 0 Å². The van der Waals surface area contributed by atoms with Crippen LogP contribution in [0, 0.1) is 0 Å². The number of carbonyl (C=O) groups excluding carboxylic acids is 1. The summed E-state index contributed by atoms with van der Waals surface area (Å²) in [5.74, 6) is 0.920.